The first-order chi connectivity index (χ1) is 23.0. The van der Waals surface area contributed by atoms with Gasteiger partial charge in [0.1, 0.15) is 6.29 Å². The number of benzene rings is 2. The molecule has 7 nitrogen and oxygen atoms in total. The largest absolute Gasteiger partial charge is 0.371 e. The van der Waals surface area contributed by atoms with Crippen molar-refractivity contribution in [2.45, 2.75) is 99.5 Å². The summed E-state index contributed by atoms with van der Waals surface area (Å²) in [6, 6.07) is 13.2. The second kappa shape index (κ2) is 24.7. The Labute approximate surface area is 289 Å². The number of likely N-dealkylation sites (N-methyl/N-ethyl adjacent to an activating group) is 2. The van der Waals surface area contributed by atoms with Crippen LogP contribution in [-0.2, 0) is 19.4 Å². The molecule has 2 heterocycles. The van der Waals surface area contributed by atoms with Crippen molar-refractivity contribution in [2.75, 3.05) is 88.3 Å². The number of fused-ring (bicyclic) bond motifs is 2. The summed E-state index contributed by atoms with van der Waals surface area (Å²) in [5, 5.41) is 3.60. The van der Waals surface area contributed by atoms with Crippen LogP contribution in [0, 0.1) is 0 Å². The van der Waals surface area contributed by atoms with Gasteiger partial charge in [0.2, 0.25) is 0 Å². The highest BCUT2D eigenvalue weighted by Gasteiger charge is 2.17. The van der Waals surface area contributed by atoms with Gasteiger partial charge in [-0.25, -0.2) is 0 Å². The van der Waals surface area contributed by atoms with Gasteiger partial charge in [-0.1, -0.05) is 66.5 Å². The van der Waals surface area contributed by atoms with E-state index in [1.54, 1.807) is 5.56 Å². The standard InChI is InChI=1S/C20H35N3.C14H19NO.C6H16N2/c1-4-7-13-23-14-8-9-19-16-18(10-11-20(19)23)17-21-12-15-22(5-2)6-3;1-2-3-8-15-9-4-5-13-10-12(11-16)6-7-14(13)15;1-3-8(4-2)6-5-7/h10-11,16,21H,4-9,12-15,17H2,1-3H3;6-7,10-11H,2-5,8-9H2,1H3;3-7H2,1-2H3. The molecule has 0 amide bonds. The Morgan fingerprint density at radius 1 is 0.745 bits per heavy atom. The number of nitrogens with zero attached hydrogens (tertiary/aromatic N) is 4. The first-order valence-electron chi connectivity index (χ1n) is 19.0. The third kappa shape index (κ3) is 14.7. The van der Waals surface area contributed by atoms with Gasteiger partial charge < -0.3 is 30.7 Å². The molecule has 0 saturated heterocycles. The summed E-state index contributed by atoms with van der Waals surface area (Å²) in [5.41, 5.74) is 13.3. The minimum absolute atomic E-state index is 0.779. The van der Waals surface area contributed by atoms with Gasteiger partial charge in [-0.3, -0.25) is 4.79 Å². The summed E-state index contributed by atoms with van der Waals surface area (Å²) in [4.78, 5) is 20.5. The smallest absolute Gasteiger partial charge is 0.150 e. The van der Waals surface area contributed by atoms with Gasteiger partial charge in [0.25, 0.3) is 0 Å². The summed E-state index contributed by atoms with van der Waals surface area (Å²) in [6.45, 7) is 27.6. The fourth-order valence-corrected chi connectivity index (χ4v) is 6.50. The Hall–Kier alpha value is -2.45. The maximum atomic E-state index is 10.7. The summed E-state index contributed by atoms with van der Waals surface area (Å²) < 4.78 is 0. The number of nitrogens with one attached hydrogen (secondary N) is 1. The number of carbonyl (C=O) groups is 1. The molecule has 4 rings (SSSR count). The number of hydrogen-bond acceptors (Lipinski definition) is 7. The van der Waals surface area contributed by atoms with Crippen LogP contribution in [0.4, 0.5) is 11.4 Å². The number of carbonyl (C=O) groups excluding carboxylic acids is 1. The molecule has 0 aliphatic carbocycles. The molecular formula is C40H70N6O. The van der Waals surface area contributed by atoms with Gasteiger partial charge >= 0.3 is 0 Å². The van der Waals surface area contributed by atoms with Gasteiger partial charge in [-0.15, -0.1) is 0 Å². The molecule has 0 spiro atoms. The molecule has 0 bridgehead atoms. The summed E-state index contributed by atoms with van der Waals surface area (Å²) in [5.74, 6) is 0. The molecule has 0 saturated carbocycles. The lowest BCUT2D eigenvalue weighted by Crippen LogP contribution is -2.32. The molecule has 0 unspecified atom stereocenters. The lowest BCUT2D eigenvalue weighted by Gasteiger charge is -2.31. The monoisotopic (exact) mass is 651 g/mol. The molecule has 0 radical (unpaired) electrons. The zero-order valence-electron chi connectivity index (χ0n) is 31.2. The van der Waals surface area contributed by atoms with Crippen LogP contribution in [0.5, 0.6) is 0 Å². The maximum Gasteiger partial charge on any atom is 0.150 e. The minimum Gasteiger partial charge on any atom is -0.371 e. The van der Waals surface area contributed by atoms with E-state index < -0.39 is 0 Å². The van der Waals surface area contributed by atoms with Crippen molar-refractivity contribution in [2.24, 2.45) is 5.73 Å². The van der Waals surface area contributed by atoms with Crippen molar-refractivity contribution < 1.29 is 4.79 Å². The van der Waals surface area contributed by atoms with E-state index in [2.05, 4.69) is 90.7 Å². The zero-order valence-corrected chi connectivity index (χ0v) is 31.2. The normalized spacial score (nSPS) is 13.8. The number of unbranched alkanes of at least 4 members (excludes halogenated alkanes) is 2. The van der Waals surface area contributed by atoms with Crippen LogP contribution in [0.1, 0.15) is 107 Å². The van der Waals surface area contributed by atoms with E-state index in [1.807, 2.05) is 12.1 Å². The molecule has 2 aliphatic rings. The van der Waals surface area contributed by atoms with E-state index in [9.17, 15) is 4.79 Å². The first kappa shape index (κ1) is 40.7. The van der Waals surface area contributed by atoms with Crippen LogP contribution in [0.25, 0.3) is 0 Å². The van der Waals surface area contributed by atoms with Crippen LogP contribution >= 0.6 is 0 Å². The molecule has 2 aromatic carbocycles. The van der Waals surface area contributed by atoms with Gasteiger partial charge in [-0.05, 0) is 106 Å². The van der Waals surface area contributed by atoms with E-state index >= 15 is 0 Å². The van der Waals surface area contributed by atoms with Crippen LogP contribution in [0.2, 0.25) is 0 Å². The molecule has 0 aromatic heterocycles. The van der Waals surface area contributed by atoms with Crippen LogP contribution in [0.3, 0.4) is 0 Å². The van der Waals surface area contributed by atoms with E-state index in [0.717, 1.165) is 90.3 Å². The molecule has 266 valence electrons. The number of aryl methyl sites for hydroxylation is 2. The Bertz CT molecular complexity index is 1100. The predicted octanol–water partition coefficient (Wildman–Crippen LogP) is 7.01. The van der Waals surface area contributed by atoms with Crippen LogP contribution in [-0.4, -0.2) is 94.6 Å². The zero-order chi connectivity index (χ0) is 34.3. The van der Waals surface area contributed by atoms with E-state index in [4.69, 9.17) is 5.73 Å². The van der Waals surface area contributed by atoms with Crippen molar-refractivity contribution >= 4 is 17.7 Å². The molecule has 3 N–H and O–H groups in total. The van der Waals surface area contributed by atoms with Crippen molar-refractivity contribution in [3.05, 3.63) is 58.7 Å². The Morgan fingerprint density at radius 2 is 1.28 bits per heavy atom. The summed E-state index contributed by atoms with van der Waals surface area (Å²) >= 11 is 0. The molecule has 2 aliphatic heterocycles. The van der Waals surface area contributed by atoms with Crippen molar-refractivity contribution in [3.63, 3.8) is 0 Å². The SMILES string of the molecule is CCCCN1CCCc2cc(C=O)ccc21.CCCCN1CCCc2cc(CNCCN(CC)CC)ccc21.CCN(CC)CCN. The molecule has 47 heavy (non-hydrogen) atoms. The molecular weight excluding hydrogens is 580 g/mol. The average Bonchev–Trinajstić information content (AvgIpc) is 3.12. The quantitative estimate of drug-likeness (QED) is 0.133. The van der Waals surface area contributed by atoms with Crippen LogP contribution in [0.15, 0.2) is 36.4 Å². The number of aldehydes is 1. The highest BCUT2D eigenvalue weighted by Crippen LogP contribution is 2.29. The minimum atomic E-state index is 0.779. The predicted molar refractivity (Wildman–Crippen MR) is 205 cm³/mol. The lowest BCUT2D eigenvalue weighted by atomic mass is 9.99. The second-order valence-electron chi connectivity index (χ2n) is 12.9. The van der Waals surface area contributed by atoms with Crippen molar-refractivity contribution in [1.82, 2.24) is 15.1 Å². The Kier molecular flexibility index (Phi) is 21.4. The van der Waals surface area contributed by atoms with Crippen molar-refractivity contribution in [3.8, 4) is 0 Å². The number of hydrogen-bond donors (Lipinski definition) is 2. The second-order valence-corrected chi connectivity index (χ2v) is 12.9. The highest BCUT2D eigenvalue weighted by molar-refractivity contribution is 5.77. The third-order valence-corrected chi connectivity index (χ3v) is 9.54. The van der Waals surface area contributed by atoms with Crippen molar-refractivity contribution in [1.29, 1.82) is 0 Å². The summed E-state index contributed by atoms with van der Waals surface area (Å²) in [7, 11) is 0. The van der Waals surface area contributed by atoms with Gasteiger partial charge in [-0.2, -0.15) is 0 Å². The number of anilines is 2. The van der Waals surface area contributed by atoms with E-state index in [0.29, 0.717) is 0 Å². The first-order valence-corrected chi connectivity index (χ1v) is 19.0. The van der Waals surface area contributed by atoms with Crippen LogP contribution < -0.4 is 20.9 Å². The topological polar surface area (TPSA) is 68.1 Å². The number of nitrogens with two attached hydrogens (primary N) is 1. The Morgan fingerprint density at radius 3 is 1.77 bits per heavy atom. The Balaban J connectivity index is 0.000000276. The molecule has 7 heteroatoms. The number of rotatable bonds is 18. The van der Waals surface area contributed by atoms with E-state index in [-0.39, 0.29) is 0 Å². The molecule has 0 atom stereocenters. The van der Waals surface area contributed by atoms with E-state index in [1.165, 1.54) is 80.5 Å². The van der Waals surface area contributed by atoms with Gasteiger partial charge in [0.05, 0.1) is 0 Å². The highest BCUT2D eigenvalue weighted by atomic mass is 16.1. The van der Waals surface area contributed by atoms with Gasteiger partial charge in [0, 0.05) is 75.8 Å². The van der Waals surface area contributed by atoms with Gasteiger partial charge in [0.15, 0.2) is 0 Å². The fourth-order valence-electron chi connectivity index (χ4n) is 6.50. The third-order valence-electron chi connectivity index (χ3n) is 9.54. The molecule has 2 aromatic rings. The maximum absolute atomic E-state index is 10.7. The average molecular weight is 651 g/mol. The lowest BCUT2D eigenvalue weighted by molar-refractivity contribution is 0.112. The molecule has 0 fully saturated rings. The fraction of sp³-hybridized carbons (Fsp3) is 0.675. The summed E-state index contributed by atoms with van der Waals surface area (Å²) in [6.07, 6.45) is 10.9.